The van der Waals surface area contributed by atoms with Crippen molar-refractivity contribution in [2.24, 2.45) is 4.99 Å². The van der Waals surface area contributed by atoms with E-state index in [0.29, 0.717) is 42.5 Å². The Morgan fingerprint density at radius 3 is 3.05 bits per heavy atom. The van der Waals surface area contributed by atoms with Crippen molar-refractivity contribution in [1.82, 2.24) is 10.2 Å². The highest BCUT2D eigenvalue weighted by Crippen LogP contribution is 2.25. The van der Waals surface area contributed by atoms with E-state index in [1.165, 1.54) is 0 Å². The van der Waals surface area contributed by atoms with E-state index >= 15 is 0 Å². The van der Waals surface area contributed by atoms with Crippen molar-refractivity contribution < 1.29 is 9.47 Å². The lowest BCUT2D eigenvalue weighted by Gasteiger charge is -2.19. The molecule has 0 aromatic heterocycles. The van der Waals surface area contributed by atoms with Crippen molar-refractivity contribution in [3.05, 3.63) is 34.9 Å². The number of nitrogens with zero attached hydrogens (tertiary/aromatic N) is 2. The molecular formula is C15H20ClN3O2S. The number of nitrogens with one attached hydrogen (secondary N) is 1. The van der Waals surface area contributed by atoms with Crippen molar-refractivity contribution in [3.63, 3.8) is 0 Å². The van der Waals surface area contributed by atoms with Crippen molar-refractivity contribution in [2.75, 3.05) is 33.4 Å². The number of hydrogen-bond donors (Lipinski definition) is 1. The molecule has 0 saturated carbocycles. The summed E-state index contributed by atoms with van der Waals surface area (Å²) in [6.07, 6.45) is 0. The molecule has 120 valence electrons. The third kappa shape index (κ3) is 4.32. The highest BCUT2D eigenvalue weighted by molar-refractivity contribution is 7.80. The number of aliphatic imine (C=N–C) groups is 1. The minimum absolute atomic E-state index is 0.105. The van der Waals surface area contributed by atoms with Crippen LogP contribution in [-0.2, 0) is 9.47 Å². The van der Waals surface area contributed by atoms with Crippen molar-refractivity contribution in [3.8, 4) is 0 Å². The molecule has 1 aliphatic heterocycles. The number of rotatable bonds is 5. The molecule has 0 amide bonds. The number of ether oxygens (including phenoxy) is 2. The maximum atomic E-state index is 6.21. The Morgan fingerprint density at radius 2 is 2.32 bits per heavy atom. The van der Waals surface area contributed by atoms with E-state index in [4.69, 9.17) is 33.3 Å². The molecule has 22 heavy (non-hydrogen) atoms. The van der Waals surface area contributed by atoms with Gasteiger partial charge in [0.25, 0.3) is 6.02 Å². The van der Waals surface area contributed by atoms with Crippen LogP contribution < -0.4 is 5.32 Å². The van der Waals surface area contributed by atoms with Crippen LogP contribution in [0.4, 0.5) is 0 Å². The van der Waals surface area contributed by atoms with E-state index in [2.05, 4.69) is 10.3 Å². The first-order valence-corrected chi connectivity index (χ1v) is 7.91. The average molecular weight is 342 g/mol. The molecule has 1 aromatic rings. The van der Waals surface area contributed by atoms with Gasteiger partial charge in [-0.1, -0.05) is 29.8 Å². The van der Waals surface area contributed by atoms with E-state index in [1.807, 2.05) is 36.1 Å². The number of amidine groups is 1. The van der Waals surface area contributed by atoms with E-state index in [0.717, 1.165) is 5.56 Å². The van der Waals surface area contributed by atoms with Gasteiger partial charge in [-0.25, -0.2) is 4.99 Å². The summed E-state index contributed by atoms with van der Waals surface area (Å²) in [5.41, 5.74) is 0.963. The van der Waals surface area contributed by atoms with E-state index in [-0.39, 0.29) is 6.04 Å². The summed E-state index contributed by atoms with van der Waals surface area (Å²) < 4.78 is 10.6. The Balaban J connectivity index is 2.06. The predicted molar refractivity (Wildman–Crippen MR) is 92.4 cm³/mol. The molecule has 5 nitrogen and oxygen atoms in total. The van der Waals surface area contributed by atoms with E-state index < -0.39 is 0 Å². The molecule has 0 aliphatic carbocycles. The van der Waals surface area contributed by atoms with Crippen molar-refractivity contribution in [1.29, 1.82) is 0 Å². The third-order valence-corrected chi connectivity index (χ3v) is 3.97. The number of benzene rings is 1. The van der Waals surface area contributed by atoms with Crippen molar-refractivity contribution in [2.45, 2.75) is 13.0 Å². The Hall–Kier alpha value is -1.37. The van der Waals surface area contributed by atoms with Crippen LogP contribution in [0.1, 0.15) is 18.5 Å². The molecule has 0 unspecified atom stereocenters. The molecule has 7 heteroatoms. The lowest BCUT2D eigenvalue weighted by atomic mass is 10.1. The molecule has 0 radical (unpaired) electrons. The van der Waals surface area contributed by atoms with Crippen LogP contribution in [0.3, 0.4) is 0 Å². The van der Waals surface area contributed by atoms with Crippen LogP contribution in [0.2, 0.25) is 5.02 Å². The van der Waals surface area contributed by atoms with Crippen LogP contribution in [0.25, 0.3) is 0 Å². The molecule has 1 heterocycles. The number of thiocarbonyl (C=S) groups is 1. The Labute approximate surface area is 141 Å². The van der Waals surface area contributed by atoms with Crippen LogP contribution in [0.15, 0.2) is 29.3 Å². The standard InChI is InChI=1S/C15H20ClN3O2S/c1-11(12-5-3-4-6-13(12)16)18-14-19(8-10-21-14)15(22)17-7-9-20-2/h3-6,11H,7-10H2,1-2H3,(H,17,22)/t11-/m1/s1. The molecule has 1 aliphatic rings. The second kappa shape index (κ2) is 8.31. The van der Waals surface area contributed by atoms with Gasteiger partial charge in [0.15, 0.2) is 5.11 Å². The Kier molecular flexibility index (Phi) is 6.42. The molecule has 2 rings (SSSR count). The summed E-state index contributed by atoms with van der Waals surface area (Å²) in [4.78, 5) is 6.47. The molecule has 1 N–H and O–H groups in total. The number of halogens is 1. The monoisotopic (exact) mass is 341 g/mol. The Bertz CT molecular complexity index is 553. The van der Waals surface area contributed by atoms with E-state index in [9.17, 15) is 0 Å². The molecule has 1 atom stereocenters. The van der Waals surface area contributed by atoms with Gasteiger partial charge < -0.3 is 14.8 Å². The highest BCUT2D eigenvalue weighted by atomic mass is 35.5. The van der Waals surface area contributed by atoms with Gasteiger partial charge >= 0.3 is 0 Å². The zero-order valence-electron chi connectivity index (χ0n) is 12.7. The topological polar surface area (TPSA) is 46.1 Å². The van der Waals surface area contributed by atoms with Gasteiger partial charge in [0.1, 0.15) is 6.61 Å². The smallest absolute Gasteiger partial charge is 0.294 e. The zero-order valence-corrected chi connectivity index (χ0v) is 14.3. The van der Waals surface area contributed by atoms with Crippen LogP contribution in [0.5, 0.6) is 0 Å². The SMILES string of the molecule is COCCNC(=S)N1CCOC1=N[C@H](C)c1ccccc1Cl. The average Bonchev–Trinajstić information content (AvgIpc) is 2.96. The fraction of sp³-hybridized carbons (Fsp3) is 0.467. The maximum Gasteiger partial charge on any atom is 0.294 e. The molecule has 1 saturated heterocycles. The van der Waals surface area contributed by atoms with Gasteiger partial charge in [0, 0.05) is 18.7 Å². The second-order valence-corrected chi connectivity index (χ2v) is 5.63. The first-order chi connectivity index (χ1) is 10.6. The van der Waals surface area contributed by atoms with Gasteiger partial charge in [-0.15, -0.1) is 0 Å². The van der Waals surface area contributed by atoms with Gasteiger partial charge in [-0.2, -0.15) is 0 Å². The summed E-state index contributed by atoms with van der Waals surface area (Å²) in [7, 11) is 1.65. The third-order valence-electron chi connectivity index (χ3n) is 3.26. The number of methoxy groups -OCH3 is 1. The largest absolute Gasteiger partial charge is 0.463 e. The fourth-order valence-electron chi connectivity index (χ4n) is 2.10. The van der Waals surface area contributed by atoms with Crippen molar-refractivity contribution >= 4 is 35.0 Å². The lowest BCUT2D eigenvalue weighted by molar-refractivity contribution is 0.203. The molecule has 1 aromatic carbocycles. The summed E-state index contributed by atoms with van der Waals surface area (Å²) >= 11 is 11.6. The zero-order chi connectivity index (χ0) is 15.9. The van der Waals surface area contributed by atoms with Crippen LogP contribution in [-0.4, -0.2) is 49.4 Å². The second-order valence-electron chi connectivity index (χ2n) is 4.83. The summed E-state index contributed by atoms with van der Waals surface area (Å²) in [6, 6.07) is 8.10. The predicted octanol–water partition coefficient (Wildman–Crippen LogP) is 2.61. The molecule has 0 bridgehead atoms. The first-order valence-electron chi connectivity index (χ1n) is 7.13. The minimum atomic E-state index is -0.105. The fourth-order valence-corrected chi connectivity index (χ4v) is 2.67. The normalized spacial score (nSPS) is 17.4. The molecular weight excluding hydrogens is 322 g/mol. The van der Waals surface area contributed by atoms with Gasteiger partial charge in [0.2, 0.25) is 0 Å². The summed E-state index contributed by atoms with van der Waals surface area (Å²) in [5.74, 6) is 0. The number of hydrogen-bond acceptors (Lipinski definition) is 4. The molecule has 1 fully saturated rings. The maximum absolute atomic E-state index is 6.21. The van der Waals surface area contributed by atoms with Crippen LogP contribution >= 0.6 is 23.8 Å². The summed E-state index contributed by atoms with van der Waals surface area (Å²) in [5, 5.41) is 4.42. The highest BCUT2D eigenvalue weighted by Gasteiger charge is 2.25. The van der Waals surface area contributed by atoms with Crippen LogP contribution in [0, 0.1) is 0 Å². The summed E-state index contributed by atoms with van der Waals surface area (Å²) in [6.45, 7) is 4.49. The van der Waals surface area contributed by atoms with Gasteiger partial charge in [-0.3, -0.25) is 4.90 Å². The Morgan fingerprint density at radius 1 is 1.55 bits per heavy atom. The van der Waals surface area contributed by atoms with E-state index in [1.54, 1.807) is 7.11 Å². The lowest BCUT2D eigenvalue weighted by Crippen LogP contribution is -2.42. The molecule has 0 spiro atoms. The quantitative estimate of drug-likeness (QED) is 0.659. The van der Waals surface area contributed by atoms with Gasteiger partial charge in [0.05, 0.1) is 19.2 Å². The van der Waals surface area contributed by atoms with Gasteiger partial charge in [-0.05, 0) is 30.8 Å². The minimum Gasteiger partial charge on any atom is -0.463 e. The first kappa shape index (κ1) is 17.0.